The fraction of sp³-hybridized carbons (Fsp3) is 0.150. The van der Waals surface area contributed by atoms with E-state index < -0.39 is 0 Å². The summed E-state index contributed by atoms with van der Waals surface area (Å²) in [4.78, 5) is 3.48. The zero-order chi connectivity index (χ0) is 16.7. The molecule has 3 aromatic rings. The number of nitrogens with zero attached hydrogens (tertiary/aromatic N) is 2. The number of aryl methyl sites for hydroxylation is 1. The maximum Gasteiger partial charge on any atom is 0.212 e. The molecule has 0 N–H and O–H groups in total. The highest BCUT2D eigenvalue weighted by molar-refractivity contribution is 8.03. The molecule has 0 saturated heterocycles. The number of benzene rings is 2. The van der Waals surface area contributed by atoms with E-state index in [4.69, 9.17) is 4.74 Å². The van der Waals surface area contributed by atoms with Gasteiger partial charge in [-0.05, 0) is 24.3 Å². The molecular formula is C20H19IN2OS. The molecule has 0 bridgehead atoms. The van der Waals surface area contributed by atoms with Gasteiger partial charge in [-0.3, -0.25) is 0 Å². The minimum absolute atomic E-state index is 0. The second kappa shape index (κ2) is 7.25. The summed E-state index contributed by atoms with van der Waals surface area (Å²) in [6.07, 6.45) is 2.24. The van der Waals surface area contributed by atoms with Gasteiger partial charge < -0.3 is 33.6 Å². The van der Waals surface area contributed by atoms with Crippen LogP contribution in [0.2, 0.25) is 0 Å². The van der Waals surface area contributed by atoms with Crippen LogP contribution in [0.5, 0.6) is 5.75 Å². The summed E-state index contributed by atoms with van der Waals surface area (Å²) >= 11 is 1.79. The van der Waals surface area contributed by atoms with Crippen molar-refractivity contribution in [3.63, 3.8) is 0 Å². The maximum absolute atomic E-state index is 5.35. The molecule has 1 aliphatic heterocycles. The van der Waals surface area contributed by atoms with Crippen LogP contribution in [-0.2, 0) is 7.05 Å². The van der Waals surface area contributed by atoms with Crippen LogP contribution in [-0.4, -0.2) is 14.2 Å². The van der Waals surface area contributed by atoms with Crippen LogP contribution in [0.1, 0.15) is 5.69 Å². The second-order valence-corrected chi connectivity index (χ2v) is 6.92. The fourth-order valence-electron chi connectivity index (χ4n) is 3.03. The minimum Gasteiger partial charge on any atom is -1.00 e. The Morgan fingerprint density at radius 2 is 1.88 bits per heavy atom. The Morgan fingerprint density at radius 1 is 1.08 bits per heavy atom. The zero-order valence-electron chi connectivity index (χ0n) is 14.4. The number of rotatable bonds is 2. The number of para-hydroxylation sites is 1. The summed E-state index contributed by atoms with van der Waals surface area (Å²) in [7, 11) is 5.92. The molecule has 25 heavy (non-hydrogen) atoms. The number of pyridine rings is 1. The molecule has 128 valence electrons. The number of thioether (sulfide) groups is 1. The van der Waals surface area contributed by atoms with Crippen LogP contribution in [0.25, 0.3) is 17.0 Å². The zero-order valence-corrected chi connectivity index (χ0v) is 17.3. The third-order valence-corrected chi connectivity index (χ3v) is 5.63. The Labute approximate surface area is 169 Å². The summed E-state index contributed by atoms with van der Waals surface area (Å²) < 4.78 is 7.59. The first-order valence-electron chi connectivity index (χ1n) is 7.86. The van der Waals surface area contributed by atoms with Crippen molar-refractivity contribution in [1.29, 1.82) is 0 Å². The first-order valence-corrected chi connectivity index (χ1v) is 8.68. The standard InChI is InChI=1S/C20H19N2OS.HI/c1-21-15(9-8-14-6-4-5-7-17(14)21)12-20-22(2)18-13-16(23-3)10-11-19(18)24-20;/h4-13H,1-3H3;1H/q+1;/p-1. The Balaban J connectivity index is 0.00000182. The SMILES string of the molecule is COc1ccc2c(c1)N(C)C(=Cc1ccc3ccccc3[n+]1C)S2.[I-]. The molecule has 0 spiro atoms. The molecule has 2 aromatic carbocycles. The smallest absolute Gasteiger partial charge is 0.212 e. The Bertz CT molecular complexity index is 971. The van der Waals surface area contributed by atoms with Gasteiger partial charge in [-0.25, -0.2) is 0 Å². The Hall–Kier alpha value is -1.73. The fourth-order valence-corrected chi connectivity index (χ4v) is 4.11. The topological polar surface area (TPSA) is 16.4 Å². The van der Waals surface area contributed by atoms with Crippen molar-refractivity contribution in [2.24, 2.45) is 7.05 Å². The van der Waals surface area contributed by atoms with E-state index in [1.165, 1.54) is 32.2 Å². The number of hydrogen-bond donors (Lipinski definition) is 0. The number of aromatic nitrogens is 1. The number of fused-ring (bicyclic) bond motifs is 2. The van der Waals surface area contributed by atoms with Crippen molar-refractivity contribution < 1.29 is 33.3 Å². The van der Waals surface area contributed by atoms with Gasteiger partial charge in [0, 0.05) is 41.6 Å². The van der Waals surface area contributed by atoms with Gasteiger partial charge >= 0.3 is 0 Å². The van der Waals surface area contributed by atoms with Crippen molar-refractivity contribution in [3.05, 3.63) is 65.3 Å². The quantitative estimate of drug-likeness (QED) is 0.421. The van der Waals surface area contributed by atoms with Crippen LogP contribution >= 0.6 is 11.8 Å². The first kappa shape index (κ1) is 18.1. The molecule has 0 aliphatic carbocycles. The van der Waals surface area contributed by atoms with Gasteiger partial charge in [-0.15, -0.1) is 0 Å². The number of ether oxygens (including phenoxy) is 1. The van der Waals surface area contributed by atoms with Gasteiger partial charge in [0.15, 0.2) is 0 Å². The monoisotopic (exact) mass is 462 g/mol. The molecule has 0 atom stereocenters. The van der Waals surface area contributed by atoms with Crippen LogP contribution in [0.15, 0.2) is 64.5 Å². The highest BCUT2D eigenvalue weighted by Gasteiger charge is 2.24. The van der Waals surface area contributed by atoms with E-state index in [1.54, 1.807) is 18.9 Å². The third kappa shape index (κ3) is 3.22. The van der Waals surface area contributed by atoms with Gasteiger partial charge in [0.25, 0.3) is 0 Å². The highest BCUT2D eigenvalue weighted by atomic mass is 127. The average molecular weight is 462 g/mol. The molecule has 4 rings (SSSR count). The van der Waals surface area contributed by atoms with E-state index in [-0.39, 0.29) is 24.0 Å². The molecule has 3 nitrogen and oxygen atoms in total. The predicted molar refractivity (Wildman–Crippen MR) is 100 cm³/mol. The average Bonchev–Trinajstić information content (AvgIpc) is 2.93. The molecule has 0 fully saturated rings. The van der Waals surface area contributed by atoms with Crippen molar-refractivity contribution >= 4 is 34.4 Å². The second-order valence-electron chi connectivity index (χ2n) is 5.85. The van der Waals surface area contributed by atoms with Crippen LogP contribution in [0, 0.1) is 0 Å². The van der Waals surface area contributed by atoms with Crippen molar-refractivity contribution in [2.45, 2.75) is 4.90 Å². The molecule has 0 radical (unpaired) electrons. The summed E-state index contributed by atoms with van der Waals surface area (Å²) in [5.41, 5.74) is 3.61. The molecule has 0 unspecified atom stereocenters. The molecule has 1 aromatic heterocycles. The molecule has 0 amide bonds. The van der Waals surface area contributed by atoms with Gasteiger partial charge in [0.1, 0.15) is 12.8 Å². The molecule has 5 heteroatoms. The van der Waals surface area contributed by atoms with Crippen molar-refractivity contribution in [3.8, 4) is 5.75 Å². The summed E-state index contributed by atoms with van der Waals surface area (Å²) in [6.45, 7) is 0. The first-order chi connectivity index (χ1) is 11.7. The number of methoxy groups -OCH3 is 1. The van der Waals surface area contributed by atoms with Crippen LogP contribution in [0.4, 0.5) is 5.69 Å². The lowest BCUT2D eigenvalue weighted by Crippen LogP contribution is -3.00. The molecule has 2 heterocycles. The van der Waals surface area contributed by atoms with E-state index in [0.29, 0.717) is 0 Å². The Kier molecular flexibility index (Phi) is 5.24. The highest BCUT2D eigenvalue weighted by Crippen LogP contribution is 2.46. The Morgan fingerprint density at radius 3 is 2.68 bits per heavy atom. The lowest BCUT2D eigenvalue weighted by molar-refractivity contribution is -0.646. The van der Waals surface area contributed by atoms with E-state index in [1.807, 2.05) is 6.07 Å². The normalized spacial score (nSPS) is 14.5. The van der Waals surface area contributed by atoms with Crippen LogP contribution < -0.4 is 38.2 Å². The predicted octanol–water partition coefficient (Wildman–Crippen LogP) is 1.22. The molecular weight excluding hydrogens is 443 g/mol. The van der Waals surface area contributed by atoms with Gasteiger partial charge in [-0.2, -0.15) is 4.57 Å². The summed E-state index contributed by atoms with van der Waals surface area (Å²) in [5, 5.41) is 2.46. The lowest BCUT2D eigenvalue weighted by Gasteiger charge is -2.13. The van der Waals surface area contributed by atoms with E-state index in [2.05, 4.69) is 78.2 Å². The van der Waals surface area contributed by atoms with E-state index >= 15 is 0 Å². The third-order valence-electron chi connectivity index (χ3n) is 4.46. The largest absolute Gasteiger partial charge is 1.00 e. The summed E-state index contributed by atoms with van der Waals surface area (Å²) in [5.74, 6) is 0.888. The van der Waals surface area contributed by atoms with E-state index in [0.717, 1.165) is 5.75 Å². The summed E-state index contributed by atoms with van der Waals surface area (Å²) in [6, 6.07) is 19.0. The van der Waals surface area contributed by atoms with Crippen LogP contribution in [0.3, 0.4) is 0 Å². The van der Waals surface area contributed by atoms with E-state index in [9.17, 15) is 0 Å². The van der Waals surface area contributed by atoms with Gasteiger partial charge in [0.2, 0.25) is 11.2 Å². The molecule has 0 saturated carbocycles. The van der Waals surface area contributed by atoms with Gasteiger partial charge in [0.05, 0.1) is 17.8 Å². The number of halogens is 1. The van der Waals surface area contributed by atoms with Crippen molar-refractivity contribution in [1.82, 2.24) is 0 Å². The number of anilines is 1. The lowest BCUT2D eigenvalue weighted by atomic mass is 10.2. The molecule has 1 aliphatic rings. The minimum atomic E-state index is 0. The van der Waals surface area contributed by atoms with Gasteiger partial charge in [-0.1, -0.05) is 23.9 Å². The van der Waals surface area contributed by atoms with Crippen molar-refractivity contribution in [2.75, 3.05) is 19.1 Å². The maximum atomic E-state index is 5.35. The number of hydrogen-bond acceptors (Lipinski definition) is 3.